The summed E-state index contributed by atoms with van der Waals surface area (Å²) < 4.78 is 3.40. The largest absolute Gasteiger partial charge is 0.340 e. The lowest BCUT2D eigenvalue weighted by molar-refractivity contribution is 0.494. The van der Waals surface area contributed by atoms with Crippen molar-refractivity contribution in [2.24, 2.45) is 7.05 Å². The molecule has 1 aliphatic rings. The first-order chi connectivity index (χ1) is 11.7. The van der Waals surface area contributed by atoms with Gasteiger partial charge in [0.1, 0.15) is 6.07 Å². The standard InChI is InChI=1S/C16H15N7O/c1-21-15(24)13-2-4-18-8-14(13)20-16(21)22-5-3-12(10-22)23-9-11(6-17)7-19-23/h2,4,7-9,12H,3,5,10H2,1H3. The summed E-state index contributed by atoms with van der Waals surface area (Å²) in [6, 6.07) is 3.94. The molecule has 1 atom stereocenters. The summed E-state index contributed by atoms with van der Waals surface area (Å²) in [5, 5.41) is 13.7. The highest BCUT2D eigenvalue weighted by atomic mass is 16.1. The van der Waals surface area contributed by atoms with Gasteiger partial charge in [0.15, 0.2) is 0 Å². The van der Waals surface area contributed by atoms with Crippen LogP contribution in [-0.2, 0) is 7.05 Å². The number of nitrogens with zero attached hydrogens (tertiary/aromatic N) is 7. The van der Waals surface area contributed by atoms with Gasteiger partial charge in [-0.2, -0.15) is 10.4 Å². The van der Waals surface area contributed by atoms with Gasteiger partial charge in [-0.25, -0.2) is 4.98 Å². The molecule has 1 unspecified atom stereocenters. The summed E-state index contributed by atoms with van der Waals surface area (Å²) in [6.45, 7) is 1.47. The Kier molecular flexibility index (Phi) is 3.27. The van der Waals surface area contributed by atoms with Gasteiger partial charge in [-0.15, -0.1) is 0 Å². The van der Waals surface area contributed by atoms with Gasteiger partial charge >= 0.3 is 0 Å². The lowest BCUT2D eigenvalue weighted by atomic mass is 10.3. The van der Waals surface area contributed by atoms with E-state index in [0.29, 0.717) is 29.0 Å². The van der Waals surface area contributed by atoms with E-state index in [4.69, 9.17) is 5.26 Å². The minimum absolute atomic E-state index is 0.0771. The summed E-state index contributed by atoms with van der Waals surface area (Å²) in [6.07, 6.45) is 7.42. The molecule has 0 radical (unpaired) electrons. The molecule has 4 heterocycles. The molecule has 3 aromatic rings. The third-order valence-corrected chi connectivity index (χ3v) is 4.41. The highest BCUT2D eigenvalue weighted by Crippen LogP contribution is 2.25. The molecular weight excluding hydrogens is 306 g/mol. The Morgan fingerprint density at radius 1 is 1.38 bits per heavy atom. The number of anilines is 1. The minimum Gasteiger partial charge on any atom is -0.340 e. The van der Waals surface area contributed by atoms with Gasteiger partial charge in [-0.3, -0.25) is 19.0 Å². The van der Waals surface area contributed by atoms with Crippen LogP contribution >= 0.6 is 0 Å². The fraction of sp³-hybridized carbons (Fsp3) is 0.312. The molecule has 24 heavy (non-hydrogen) atoms. The zero-order valence-electron chi connectivity index (χ0n) is 13.1. The second-order valence-electron chi connectivity index (χ2n) is 5.88. The van der Waals surface area contributed by atoms with Gasteiger partial charge in [0.2, 0.25) is 5.95 Å². The van der Waals surface area contributed by atoms with Crippen LogP contribution in [0.2, 0.25) is 0 Å². The average Bonchev–Trinajstić information content (AvgIpc) is 3.27. The van der Waals surface area contributed by atoms with E-state index >= 15 is 0 Å². The summed E-state index contributed by atoms with van der Waals surface area (Å²) in [4.78, 5) is 23.3. The Labute approximate surface area is 137 Å². The minimum atomic E-state index is -0.0771. The number of pyridine rings is 1. The molecule has 8 heteroatoms. The Bertz CT molecular complexity index is 1010. The number of nitriles is 1. The Morgan fingerprint density at radius 3 is 3.04 bits per heavy atom. The second kappa shape index (κ2) is 5.45. The van der Waals surface area contributed by atoms with Crippen LogP contribution < -0.4 is 10.5 Å². The van der Waals surface area contributed by atoms with Crippen molar-refractivity contribution in [3.8, 4) is 6.07 Å². The van der Waals surface area contributed by atoms with Crippen molar-refractivity contribution in [2.45, 2.75) is 12.5 Å². The van der Waals surface area contributed by atoms with Crippen molar-refractivity contribution in [2.75, 3.05) is 18.0 Å². The summed E-state index contributed by atoms with van der Waals surface area (Å²) >= 11 is 0. The van der Waals surface area contributed by atoms with E-state index in [-0.39, 0.29) is 11.6 Å². The predicted molar refractivity (Wildman–Crippen MR) is 87.6 cm³/mol. The molecule has 0 bridgehead atoms. The molecule has 0 saturated carbocycles. The van der Waals surface area contributed by atoms with Crippen LogP contribution in [0.25, 0.3) is 10.9 Å². The molecule has 1 aliphatic heterocycles. The molecular formula is C16H15N7O. The first kappa shape index (κ1) is 14.4. The Morgan fingerprint density at radius 2 is 2.25 bits per heavy atom. The molecule has 4 rings (SSSR count). The first-order valence-electron chi connectivity index (χ1n) is 7.67. The highest BCUT2D eigenvalue weighted by Gasteiger charge is 2.27. The monoisotopic (exact) mass is 321 g/mol. The van der Waals surface area contributed by atoms with Crippen molar-refractivity contribution < 1.29 is 0 Å². The van der Waals surface area contributed by atoms with Crippen LogP contribution in [-0.4, -0.2) is 37.4 Å². The lowest BCUT2D eigenvalue weighted by Gasteiger charge is -2.20. The summed E-state index contributed by atoms with van der Waals surface area (Å²) in [5.74, 6) is 0.635. The second-order valence-corrected chi connectivity index (χ2v) is 5.88. The molecule has 0 spiro atoms. The van der Waals surface area contributed by atoms with E-state index in [0.717, 1.165) is 13.0 Å². The molecule has 0 amide bonds. The number of hydrogen-bond donors (Lipinski definition) is 0. The zero-order chi connectivity index (χ0) is 16.7. The topological polar surface area (TPSA) is 92.6 Å². The lowest BCUT2D eigenvalue weighted by Crippen LogP contribution is -2.30. The third-order valence-electron chi connectivity index (χ3n) is 4.41. The molecule has 1 fully saturated rings. The van der Waals surface area contributed by atoms with Gasteiger partial charge in [-0.05, 0) is 12.5 Å². The van der Waals surface area contributed by atoms with E-state index in [1.54, 1.807) is 42.5 Å². The van der Waals surface area contributed by atoms with Crippen LogP contribution in [0, 0.1) is 11.3 Å². The van der Waals surface area contributed by atoms with Crippen LogP contribution in [0.3, 0.4) is 0 Å². The number of rotatable bonds is 2. The van der Waals surface area contributed by atoms with Gasteiger partial charge < -0.3 is 4.90 Å². The average molecular weight is 321 g/mol. The van der Waals surface area contributed by atoms with Crippen molar-refractivity contribution in [3.05, 3.63) is 46.8 Å². The molecule has 0 aliphatic carbocycles. The van der Waals surface area contributed by atoms with E-state index in [1.165, 1.54) is 0 Å². The van der Waals surface area contributed by atoms with Crippen molar-refractivity contribution in [1.82, 2.24) is 24.3 Å². The highest BCUT2D eigenvalue weighted by molar-refractivity contribution is 5.77. The maximum Gasteiger partial charge on any atom is 0.262 e. The molecule has 1 saturated heterocycles. The van der Waals surface area contributed by atoms with Gasteiger partial charge in [-0.1, -0.05) is 0 Å². The smallest absolute Gasteiger partial charge is 0.262 e. The SMILES string of the molecule is Cn1c(N2CCC(n3cc(C#N)cn3)C2)nc2cnccc2c1=O. The fourth-order valence-corrected chi connectivity index (χ4v) is 3.13. The van der Waals surface area contributed by atoms with Gasteiger partial charge in [0.05, 0.1) is 34.9 Å². The van der Waals surface area contributed by atoms with E-state index in [9.17, 15) is 4.79 Å². The number of fused-ring (bicyclic) bond motifs is 1. The molecule has 0 N–H and O–H groups in total. The zero-order valence-corrected chi connectivity index (χ0v) is 13.1. The quantitative estimate of drug-likeness (QED) is 0.694. The molecule has 8 nitrogen and oxygen atoms in total. The van der Waals surface area contributed by atoms with E-state index in [1.807, 2.05) is 4.68 Å². The number of hydrogen-bond acceptors (Lipinski definition) is 6. The van der Waals surface area contributed by atoms with Gasteiger partial charge in [0.25, 0.3) is 5.56 Å². The third kappa shape index (κ3) is 2.22. The van der Waals surface area contributed by atoms with Crippen molar-refractivity contribution in [3.63, 3.8) is 0 Å². The summed E-state index contributed by atoms with van der Waals surface area (Å²) in [5.41, 5.74) is 1.08. The Hall–Kier alpha value is -3.21. The van der Waals surface area contributed by atoms with E-state index in [2.05, 4.69) is 26.0 Å². The van der Waals surface area contributed by atoms with Crippen molar-refractivity contribution >= 4 is 16.9 Å². The van der Waals surface area contributed by atoms with Crippen LogP contribution in [0.15, 0.2) is 35.6 Å². The normalized spacial score (nSPS) is 17.3. The van der Waals surface area contributed by atoms with Crippen LogP contribution in [0.4, 0.5) is 5.95 Å². The first-order valence-corrected chi connectivity index (χ1v) is 7.67. The van der Waals surface area contributed by atoms with E-state index < -0.39 is 0 Å². The Balaban J connectivity index is 1.68. The number of aromatic nitrogens is 5. The summed E-state index contributed by atoms with van der Waals surface area (Å²) in [7, 11) is 1.74. The predicted octanol–water partition coefficient (Wildman–Crippen LogP) is 0.848. The fourth-order valence-electron chi connectivity index (χ4n) is 3.13. The molecule has 3 aromatic heterocycles. The maximum absolute atomic E-state index is 12.5. The molecule has 0 aromatic carbocycles. The van der Waals surface area contributed by atoms with Crippen LogP contribution in [0.5, 0.6) is 0 Å². The maximum atomic E-state index is 12.5. The molecule has 120 valence electrons. The van der Waals surface area contributed by atoms with Crippen molar-refractivity contribution in [1.29, 1.82) is 5.26 Å². The van der Waals surface area contributed by atoms with Crippen LogP contribution in [0.1, 0.15) is 18.0 Å². The van der Waals surface area contributed by atoms with Gasteiger partial charge in [0, 0.05) is 32.5 Å².